The summed E-state index contributed by atoms with van der Waals surface area (Å²) in [6.07, 6.45) is 5.00. The fourth-order valence-electron chi connectivity index (χ4n) is 3.87. The zero-order valence-corrected chi connectivity index (χ0v) is 16.2. The number of anilines is 2. The number of aliphatic hydroxyl groups excluding tert-OH is 1. The lowest BCUT2D eigenvalue weighted by atomic mass is 9.95. The number of imidazole rings is 1. The fraction of sp³-hybridized carbons (Fsp3) is 0.318. The molecular formula is C22H23N5O2. The maximum Gasteiger partial charge on any atom is 0.227 e. The third-order valence-corrected chi connectivity index (χ3v) is 5.37. The van der Waals surface area contributed by atoms with Gasteiger partial charge in [0, 0.05) is 17.3 Å². The molecule has 2 aromatic heterocycles. The maximum absolute atomic E-state index is 9.72. The van der Waals surface area contributed by atoms with Crippen LogP contribution in [0, 0.1) is 6.92 Å². The van der Waals surface area contributed by atoms with E-state index < -0.39 is 0 Å². The lowest BCUT2D eigenvalue weighted by Gasteiger charge is -2.26. The first kappa shape index (κ1) is 17.9. The van der Waals surface area contributed by atoms with Crippen molar-refractivity contribution in [2.24, 2.45) is 0 Å². The number of aliphatic hydroxyl groups is 1. The summed E-state index contributed by atoms with van der Waals surface area (Å²) in [5.74, 6) is 2.16. The highest BCUT2D eigenvalue weighted by molar-refractivity contribution is 5.85. The average molecular weight is 389 g/mol. The molecule has 4 aromatic rings. The molecular weight excluding hydrogens is 366 g/mol. The Kier molecular flexibility index (Phi) is 4.52. The van der Waals surface area contributed by atoms with Crippen LogP contribution in [0.4, 0.5) is 11.6 Å². The predicted molar refractivity (Wildman–Crippen MR) is 113 cm³/mol. The lowest BCUT2D eigenvalue weighted by Crippen LogP contribution is -2.26. The third kappa shape index (κ3) is 3.73. The molecule has 0 saturated heterocycles. The molecule has 0 atom stereocenters. The molecule has 7 heteroatoms. The molecule has 3 N–H and O–H groups in total. The van der Waals surface area contributed by atoms with E-state index in [9.17, 15) is 5.11 Å². The highest BCUT2D eigenvalue weighted by atomic mass is 16.5. The van der Waals surface area contributed by atoms with Crippen molar-refractivity contribution in [1.29, 1.82) is 0 Å². The van der Waals surface area contributed by atoms with Crippen LogP contribution in [0.1, 0.15) is 31.5 Å². The molecule has 1 saturated carbocycles. The number of para-hydroxylation sites is 1. The first-order valence-electron chi connectivity index (χ1n) is 9.98. The van der Waals surface area contributed by atoms with Crippen molar-refractivity contribution >= 4 is 33.6 Å². The first-order chi connectivity index (χ1) is 14.1. The number of benzene rings is 2. The number of hydrogen-bond acceptors (Lipinski definition) is 6. The van der Waals surface area contributed by atoms with Gasteiger partial charge >= 0.3 is 0 Å². The van der Waals surface area contributed by atoms with Crippen LogP contribution in [0.25, 0.3) is 21.9 Å². The number of nitrogens with zero attached hydrogens (tertiary/aromatic N) is 3. The summed E-state index contributed by atoms with van der Waals surface area (Å²) in [4.78, 5) is 16.9. The minimum atomic E-state index is -0.198. The van der Waals surface area contributed by atoms with Gasteiger partial charge in [-0.15, -0.1) is 0 Å². The molecule has 5 rings (SSSR count). The van der Waals surface area contributed by atoms with Gasteiger partial charge in [0.15, 0.2) is 0 Å². The van der Waals surface area contributed by atoms with E-state index in [1.54, 1.807) is 6.20 Å². The number of H-pyrrole nitrogens is 1. The van der Waals surface area contributed by atoms with Crippen LogP contribution in [0.5, 0.6) is 5.75 Å². The average Bonchev–Trinajstić information content (AvgIpc) is 3.09. The summed E-state index contributed by atoms with van der Waals surface area (Å²) in [5, 5.41) is 13.9. The molecule has 29 heavy (non-hydrogen) atoms. The molecule has 2 aromatic carbocycles. The number of fused-ring (bicyclic) bond motifs is 2. The van der Waals surface area contributed by atoms with Crippen molar-refractivity contribution in [1.82, 2.24) is 19.9 Å². The third-order valence-electron chi connectivity index (χ3n) is 5.37. The summed E-state index contributed by atoms with van der Waals surface area (Å²) in [6, 6.07) is 11.8. The van der Waals surface area contributed by atoms with E-state index in [4.69, 9.17) is 9.72 Å². The zero-order valence-electron chi connectivity index (χ0n) is 16.2. The minimum Gasteiger partial charge on any atom is -0.488 e. The fourth-order valence-corrected chi connectivity index (χ4v) is 3.87. The van der Waals surface area contributed by atoms with Crippen molar-refractivity contribution in [2.45, 2.75) is 44.8 Å². The van der Waals surface area contributed by atoms with E-state index in [1.807, 2.05) is 43.3 Å². The van der Waals surface area contributed by atoms with Crippen LogP contribution in [-0.2, 0) is 0 Å². The monoisotopic (exact) mass is 389 g/mol. The highest BCUT2D eigenvalue weighted by Gasteiger charge is 2.21. The van der Waals surface area contributed by atoms with Crippen LogP contribution >= 0.6 is 0 Å². The zero-order chi connectivity index (χ0) is 19.8. The molecule has 0 radical (unpaired) electrons. The molecule has 0 bridgehead atoms. The minimum absolute atomic E-state index is 0.112. The largest absolute Gasteiger partial charge is 0.488 e. The summed E-state index contributed by atoms with van der Waals surface area (Å²) >= 11 is 0. The predicted octanol–water partition coefficient (Wildman–Crippen LogP) is 4.24. The number of ether oxygens (including phenoxy) is 1. The number of hydrogen-bond donors (Lipinski definition) is 3. The van der Waals surface area contributed by atoms with Crippen molar-refractivity contribution in [3.8, 4) is 5.75 Å². The Hall–Kier alpha value is -3.19. The number of rotatable bonds is 4. The SMILES string of the molecule is Cc1nc2cc(Nc3ncc4cccc(O[C@H]5CC[C@@H](O)CC5)c4n3)ccc2[nH]1. The second-order valence-electron chi connectivity index (χ2n) is 7.62. The van der Waals surface area contributed by atoms with Gasteiger partial charge in [-0.2, -0.15) is 0 Å². The number of nitrogens with one attached hydrogen (secondary N) is 2. The summed E-state index contributed by atoms with van der Waals surface area (Å²) in [7, 11) is 0. The van der Waals surface area contributed by atoms with Gasteiger partial charge < -0.3 is 20.1 Å². The second kappa shape index (κ2) is 7.33. The number of aromatic amines is 1. The molecule has 0 unspecified atom stereocenters. The van der Waals surface area contributed by atoms with Gasteiger partial charge in [0.2, 0.25) is 5.95 Å². The quantitative estimate of drug-likeness (QED) is 0.483. The van der Waals surface area contributed by atoms with Gasteiger partial charge in [-0.25, -0.2) is 15.0 Å². The standard InChI is InChI=1S/C22H23N5O2/c1-13-24-18-10-5-15(11-19(18)25-13)26-22-23-12-14-3-2-4-20(21(14)27-22)29-17-8-6-16(28)7-9-17/h2-5,10-12,16-17,28H,6-9H2,1H3,(H,24,25)(H,23,26,27)/t16-,17+. The van der Waals surface area contributed by atoms with Gasteiger partial charge in [0.1, 0.15) is 17.1 Å². The molecule has 0 amide bonds. The molecule has 1 fully saturated rings. The van der Waals surface area contributed by atoms with Gasteiger partial charge in [-0.1, -0.05) is 12.1 Å². The van der Waals surface area contributed by atoms with E-state index in [-0.39, 0.29) is 12.2 Å². The lowest BCUT2D eigenvalue weighted by molar-refractivity contribution is 0.0672. The Morgan fingerprint density at radius 3 is 2.83 bits per heavy atom. The van der Waals surface area contributed by atoms with Gasteiger partial charge in [0.05, 0.1) is 23.2 Å². The number of aromatic nitrogens is 4. The van der Waals surface area contributed by atoms with E-state index >= 15 is 0 Å². The van der Waals surface area contributed by atoms with Crippen molar-refractivity contribution < 1.29 is 9.84 Å². The second-order valence-corrected chi connectivity index (χ2v) is 7.62. The smallest absolute Gasteiger partial charge is 0.227 e. The van der Waals surface area contributed by atoms with E-state index in [2.05, 4.69) is 20.3 Å². The van der Waals surface area contributed by atoms with E-state index in [1.165, 1.54) is 0 Å². The summed E-state index contributed by atoms with van der Waals surface area (Å²) in [6.45, 7) is 1.94. The topological polar surface area (TPSA) is 96.0 Å². The van der Waals surface area contributed by atoms with Gasteiger partial charge in [-0.3, -0.25) is 0 Å². The molecule has 0 spiro atoms. The maximum atomic E-state index is 9.72. The van der Waals surface area contributed by atoms with E-state index in [0.29, 0.717) is 5.95 Å². The molecule has 0 aliphatic heterocycles. The van der Waals surface area contributed by atoms with Crippen molar-refractivity contribution in [2.75, 3.05) is 5.32 Å². The number of aryl methyl sites for hydroxylation is 1. The molecule has 1 aliphatic rings. The normalized spacial score (nSPS) is 19.5. The van der Waals surface area contributed by atoms with Crippen molar-refractivity contribution in [3.63, 3.8) is 0 Å². The Labute approximate surface area is 168 Å². The van der Waals surface area contributed by atoms with Crippen LogP contribution in [-0.4, -0.2) is 37.3 Å². The van der Waals surface area contributed by atoms with E-state index in [0.717, 1.165) is 64.9 Å². The Morgan fingerprint density at radius 2 is 1.97 bits per heavy atom. The molecule has 1 aliphatic carbocycles. The highest BCUT2D eigenvalue weighted by Crippen LogP contribution is 2.29. The van der Waals surface area contributed by atoms with Crippen LogP contribution in [0.15, 0.2) is 42.6 Å². The van der Waals surface area contributed by atoms with Crippen LogP contribution in [0.3, 0.4) is 0 Å². The van der Waals surface area contributed by atoms with Gasteiger partial charge in [0.25, 0.3) is 0 Å². The first-order valence-corrected chi connectivity index (χ1v) is 9.98. The van der Waals surface area contributed by atoms with Crippen molar-refractivity contribution in [3.05, 3.63) is 48.4 Å². The molecule has 7 nitrogen and oxygen atoms in total. The molecule has 148 valence electrons. The molecule has 2 heterocycles. The summed E-state index contributed by atoms with van der Waals surface area (Å²) < 4.78 is 6.24. The summed E-state index contributed by atoms with van der Waals surface area (Å²) in [5.41, 5.74) is 3.56. The Balaban J connectivity index is 1.42. The van der Waals surface area contributed by atoms with Crippen LogP contribution < -0.4 is 10.1 Å². The van der Waals surface area contributed by atoms with Crippen LogP contribution in [0.2, 0.25) is 0 Å². The Morgan fingerprint density at radius 1 is 1.10 bits per heavy atom. The Bertz CT molecular complexity index is 1160. The van der Waals surface area contributed by atoms with Gasteiger partial charge in [-0.05, 0) is 56.9 Å².